The van der Waals surface area contributed by atoms with Crippen molar-refractivity contribution in [3.05, 3.63) is 23.9 Å². The summed E-state index contributed by atoms with van der Waals surface area (Å²) in [5, 5.41) is 6.70. The molecule has 176 valence electrons. The van der Waals surface area contributed by atoms with Gasteiger partial charge in [0.05, 0.1) is 12.3 Å². The lowest BCUT2D eigenvalue weighted by molar-refractivity contribution is 0.316. The van der Waals surface area contributed by atoms with Gasteiger partial charge in [-0.05, 0) is 57.1 Å². The Balaban J connectivity index is 0.00000341. The minimum atomic E-state index is -3.26. The Labute approximate surface area is 204 Å². The fourth-order valence-corrected chi connectivity index (χ4v) is 4.67. The molecule has 1 aliphatic heterocycles. The summed E-state index contributed by atoms with van der Waals surface area (Å²) in [6, 6.07) is 4.49. The first-order valence-electron chi connectivity index (χ1n) is 11.1. The standard InChI is InChI=1S/C21H36N6O2S.HI/c1-3-22-21(23-11-14-30(28,29)25-16-18-5-4-6-18)26-19-9-12-27(13-10-19)20-8-7-17(2)15-24-20;/h7-8,15,18-19,25H,3-6,9-14,16H2,1-2H3,(H2,22,23,26);1H. The zero-order valence-corrected chi connectivity index (χ0v) is 21.8. The van der Waals surface area contributed by atoms with Gasteiger partial charge in [-0.3, -0.25) is 4.99 Å². The highest BCUT2D eigenvalue weighted by molar-refractivity contribution is 14.0. The van der Waals surface area contributed by atoms with E-state index in [9.17, 15) is 8.42 Å². The third-order valence-corrected chi connectivity index (χ3v) is 7.17. The van der Waals surface area contributed by atoms with E-state index in [4.69, 9.17) is 0 Å². The summed E-state index contributed by atoms with van der Waals surface area (Å²) in [5.41, 5.74) is 1.17. The molecule has 0 atom stereocenters. The highest BCUT2D eigenvalue weighted by Gasteiger charge is 2.22. The Morgan fingerprint density at radius 3 is 2.55 bits per heavy atom. The number of piperidine rings is 1. The highest BCUT2D eigenvalue weighted by atomic mass is 127. The predicted molar refractivity (Wildman–Crippen MR) is 138 cm³/mol. The summed E-state index contributed by atoms with van der Waals surface area (Å²) in [4.78, 5) is 11.3. The van der Waals surface area contributed by atoms with E-state index in [2.05, 4.69) is 42.4 Å². The number of rotatable bonds is 9. The van der Waals surface area contributed by atoms with Crippen LogP contribution in [0.15, 0.2) is 23.3 Å². The number of hydrogen-bond acceptors (Lipinski definition) is 5. The van der Waals surface area contributed by atoms with Gasteiger partial charge in [-0.15, -0.1) is 24.0 Å². The van der Waals surface area contributed by atoms with Crippen molar-refractivity contribution in [1.82, 2.24) is 20.3 Å². The number of halogens is 1. The van der Waals surface area contributed by atoms with Gasteiger partial charge in [0.25, 0.3) is 0 Å². The van der Waals surface area contributed by atoms with E-state index in [1.165, 1.54) is 12.0 Å². The van der Waals surface area contributed by atoms with Crippen molar-refractivity contribution in [3.8, 4) is 0 Å². The van der Waals surface area contributed by atoms with Gasteiger partial charge in [0, 0.05) is 38.4 Å². The van der Waals surface area contributed by atoms with Crippen molar-refractivity contribution in [1.29, 1.82) is 0 Å². The normalized spacial score (nSPS) is 18.3. The molecule has 0 amide bonds. The van der Waals surface area contributed by atoms with Gasteiger partial charge in [-0.2, -0.15) is 0 Å². The molecule has 8 nitrogen and oxygen atoms in total. The second-order valence-corrected chi connectivity index (χ2v) is 10.3. The molecule has 0 bridgehead atoms. The number of anilines is 1. The molecule has 1 saturated heterocycles. The van der Waals surface area contributed by atoms with Gasteiger partial charge in [0.15, 0.2) is 5.96 Å². The van der Waals surface area contributed by atoms with Crippen molar-refractivity contribution >= 4 is 45.8 Å². The molecular formula is C21H37IN6O2S. The number of aliphatic imine (C=N–C) groups is 1. The molecule has 1 aliphatic carbocycles. The Morgan fingerprint density at radius 1 is 1.23 bits per heavy atom. The summed E-state index contributed by atoms with van der Waals surface area (Å²) in [7, 11) is -3.26. The molecule has 3 N–H and O–H groups in total. The van der Waals surface area contributed by atoms with Crippen LogP contribution in [0.2, 0.25) is 0 Å². The summed E-state index contributed by atoms with van der Waals surface area (Å²) < 4.78 is 27.0. The number of hydrogen-bond donors (Lipinski definition) is 3. The van der Waals surface area contributed by atoms with Crippen LogP contribution < -0.4 is 20.3 Å². The molecule has 0 radical (unpaired) electrons. The van der Waals surface area contributed by atoms with E-state index in [-0.39, 0.29) is 36.3 Å². The van der Waals surface area contributed by atoms with Crippen LogP contribution in [0, 0.1) is 12.8 Å². The summed E-state index contributed by atoms with van der Waals surface area (Å²) in [5.74, 6) is 2.26. The third kappa shape index (κ3) is 8.72. The zero-order chi connectivity index (χ0) is 21.4. The van der Waals surface area contributed by atoms with Crippen molar-refractivity contribution < 1.29 is 8.42 Å². The number of aromatic nitrogens is 1. The first-order chi connectivity index (χ1) is 14.4. The van der Waals surface area contributed by atoms with E-state index in [0.29, 0.717) is 24.5 Å². The van der Waals surface area contributed by atoms with Crippen LogP contribution in [-0.2, 0) is 10.0 Å². The largest absolute Gasteiger partial charge is 0.357 e. The van der Waals surface area contributed by atoms with Crippen LogP contribution >= 0.6 is 24.0 Å². The fourth-order valence-electron chi connectivity index (χ4n) is 3.70. The van der Waals surface area contributed by atoms with E-state index in [1.54, 1.807) is 0 Å². The molecule has 31 heavy (non-hydrogen) atoms. The average molecular weight is 565 g/mol. The van der Waals surface area contributed by atoms with Gasteiger partial charge >= 0.3 is 0 Å². The van der Waals surface area contributed by atoms with E-state index < -0.39 is 10.0 Å². The van der Waals surface area contributed by atoms with Crippen LogP contribution in [0.5, 0.6) is 0 Å². The molecular weight excluding hydrogens is 527 g/mol. The Kier molecular flexibility index (Phi) is 10.8. The number of sulfonamides is 1. The molecule has 2 fully saturated rings. The second-order valence-electron chi connectivity index (χ2n) is 8.32. The fraction of sp³-hybridized carbons (Fsp3) is 0.714. The zero-order valence-electron chi connectivity index (χ0n) is 18.6. The third-order valence-electron chi connectivity index (χ3n) is 5.85. The smallest absolute Gasteiger partial charge is 0.213 e. The van der Waals surface area contributed by atoms with Crippen LogP contribution in [0.3, 0.4) is 0 Å². The molecule has 0 unspecified atom stereocenters. The average Bonchev–Trinajstić information content (AvgIpc) is 2.68. The van der Waals surface area contributed by atoms with Gasteiger partial charge in [0.1, 0.15) is 5.82 Å². The molecule has 0 aromatic carbocycles. The monoisotopic (exact) mass is 564 g/mol. The van der Waals surface area contributed by atoms with Crippen LogP contribution in [-0.4, -0.2) is 63.9 Å². The van der Waals surface area contributed by atoms with Crippen LogP contribution in [0.1, 0.15) is 44.6 Å². The molecule has 0 spiro atoms. The first-order valence-corrected chi connectivity index (χ1v) is 12.8. The van der Waals surface area contributed by atoms with E-state index >= 15 is 0 Å². The lowest BCUT2D eigenvalue weighted by Crippen LogP contribution is -2.49. The maximum absolute atomic E-state index is 12.2. The topological polar surface area (TPSA) is 98.7 Å². The van der Waals surface area contributed by atoms with Gasteiger partial charge in [-0.1, -0.05) is 12.5 Å². The number of guanidine groups is 1. The number of pyridine rings is 1. The molecule has 1 saturated carbocycles. The van der Waals surface area contributed by atoms with Crippen molar-refractivity contribution in [2.75, 3.05) is 43.4 Å². The molecule has 10 heteroatoms. The number of nitrogens with zero attached hydrogens (tertiary/aromatic N) is 3. The predicted octanol–water partition coefficient (Wildman–Crippen LogP) is 2.25. The Hall–Kier alpha value is -1.14. The molecule has 1 aromatic rings. The summed E-state index contributed by atoms with van der Waals surface area (Å²) >= 11 is 0. The summed E-state index contributed by atoms with van der Waals surface area (Å²) in [6.07, 6.45) is 7.36. The van der Waals surface area contributed by atoms with Crippen molar-refractivity contribution in [2.24, 2.45) is 10.9 Å². The maximum atomic E-state index is 12.2. The van der Waals surface area contributed by atoms with Gasteiger partial charge in [0.2, 0.25) is 10.0 Å². The maximum Gasteiger partial charge on any atom is 0.213 e. The highest BCUT2D eigenvalue weighted by Crippen LogP contribution is 2.25. The van der Waals surface area contributed by atoms with Crippen LogP contribution in [0.4, 0.5) is 5.82 Å². The minimum absolute atomic E-state index is 0. The molecule has 1 aromatic heterocycles. The van der Waals surface area contributed by atoms with E-state index in [1.807, 2.05) is 20.0 Å². The molecule has 3 rings (SSSR count). The quantitative estimate of drug-likeness (QED) is 0.242. The lowest BCUT2D eigenvalue weighted by atomic mass is 9.86. The van der Waals surface area contributed by atoms with Gasteiger partial charge < -0.3 is 15.5 Å². The lowest BCUT2D eigenvalue weighted by Gasteiger charge is -2.33. The Bertz CT molecular complexity index is 791. The number of nitrogens with one attached hydrogen (secondary N) is 3. The van der Waals surface area contributed by atoms with Crippen LogP contribution in [0.25, 0.3) is 0 Å². The van der Waals surface area contributed by atoms with Crippen molar-refractivity contribution in [2.45, 2.75) is 52.0 Å². The molecule has 2 aliphatic rings. The van der Waals surface area contributed by atoms with E-state index in [0.717, 1.165) is 51.1 Å². The molecule has 2 heterocycles. The second kappa shape index (κ2) is 12.8. The van der Waals surface area contributed by atoms with Crippen molar-refractivity contribution in [3.63, 3.8) is 0 Å². The minimum Gasteiger partial charge on any atom is -0.357 e. The Morgan fingerprint density at radius 2 is 1.97 bits per heavy atom. The number of aryl methyl sites for hydroxylation is 1. The first kappa shape index (κ1) is 26.1. The summed E-state index contributed by atoms with van der Waals surface area (Å²) in [6.45, 7) is 7.49. The SMILES string of the molecule is CCNC(=NCCS(=O)(=O)NCC1CCC1)NC1CCN(c2ccc(C)cn2)CC1.I. The van der Waals surface area contributed by atoms with Gasteiger partial charge in [-0.25, -0.2) is 18.1 Å².